The zero-order chi connectivity index (χ0) is 14.0. The number of carbonyl (C=O) groups excluding carboxylic acids is 2. The van der Waals surface area contributed by atoms with E-state index in [4.69, 9.17) is 9.84 Å². The average molecular weight is 271 g/mol. The molecule has 0 radical (unpaired) electrons. The lowest BCUT2D eigenvalue weighted by atomic mass is 10.0. The normalized spacial score (nSPS) is 29.9. The number of aliphatic carboxylic acids is 1. The van der Waals surface area contributed by atoms with E-state index in [0.717, 1.165) is 0 Å². The molecule has 3 atom stereocenters. The standard InChI is InChI=1S/C11H17N3O5/c1-14(8-5-19-4-7(8)10(16)17)11(18)13-6-2-9(15)12-3-6/h6-8H,2-5H2,1H3,(H,12,15)(H,13,18)(H,16,17). The van der Waals surface area contributed by atoms with Gasteiger partial charge in [-0.1, -0.05) is 0 Å². The lowest BCUT2D eigenvalue weighted by Crippen LogP contribution is -2.51. The van der Waals surface area contributed by atoms with Gasteiger partial charge in [0.2, 0.25) is 5.91 Å². The monoisotopic (exact) mass is 271 g/mol. The second-order valence-corrected chi connectivity index (χ2v) is 4.82. The van der Waals surface area contributed by atoms with E-state index in [1.807, 2.05) is 0 Å². The highest BCUT2D eigenvalue weighted by atomic mass is 16.5. The number of carboxylic acids is 1. The number of nitrogens with one attached hydrogen (secondary N) is 2. The fourth-order valence-corrected chi connectivity index (χ4v) is 2.29. The van der Waals surface area contributed by atoms with Gasteiger partial charge in [-0.2, -0.15) is 0 Å². The largest absolute Gasteiger partial charge is 0.481 e. The molecule has 0 aromatic heterocycles. The summed E-state index contributed by atoms with van der Waals surface area (Å²) in [6, 6.07) is -1.11. The molecule has 0 spiro atoms. The van der Waals surface area contributed by atoms with E-state index in [1.165, 1.54) is 11.9 Å². The van der Waals surface area contributed by atoms with Gasteiger partial charge in [0.25, 0.3) is 0 Å². The number of rotatable bonds is 3. The van der Waals surface area contributed by atoms with Crippen LogP contribution in [-0.4, -0.2) is 66.8 Å². The molecule has 8 heteroatoms. The summed E-state index contributed by atoms with van der Waals surface area (Å²) < 4.78 is 5.12. The number of hydrogen-bond acceptors (Lipinski definition) is 4. The van der Waals surface area contributed by atoms with Crippen LogP contribution in [0.1, 0.15) is 6.42 Å². The van der Waals surface area contributed by atoms with Gasteiger partial charge in [0.05, 0.1) is 25.3 Å². The Morgan fingerprint density at radius 3 is 2.79 bits per heavy atom. The number of amides is 3. The summed E-state index contributed by atoms with van der Waals surface area (Å²) in [6.07, 6.45) is 0.253. The van der Waals surface area contributed by atoms with E-state index in [2.05, 4.69) is 10.6 Å². The van der Waals surface area contributed by atoms with Crippen molar-refractivity contribution in [2.45, 2.75) is 18.5 Å². The molecule has 0 aromatic carbocycles. The first-order valence-corrected chi connectivity index (χ1v) is 6.09. The summed E-state index contributed by atoms with van der Waals surface area (Å²) in [4.78, 5) is 35.4. The van der Waals surface area contributed by atoms with E-state index in [0.29, 0.717) is 6.54 Å². The van der Waals surface area contributed by atoms with Crippen LogP contribution in [0.5, 0.6) is 0 Å². The summed E-state index contributed by atoms with van der Waals surface area (Å²) in [5.41, 5.74) is 0. The van der Waals surface area contributed by atoms with Crippen LogP contribution >= 0.6 is 0 Å². The highest BCUT2D eigenvalue weighted by Crippen LogP contribution is 2.19. The lowest BCUT2D eigenvalue weighted by molar-refractivity contribution is -0.142. The molecule has 2 aliphatic rings. The molecule has 8 nitrogen and oxygen atoms in total. The highest BCUT2D eigenvalue weighted by molar-refractivity contribution is 5.82. The van der Waals surface area contributed by atoms with E-state index in [-0.39, 0.29) is 37.6 Å². The molecule has 2 aliphatic heterocycles. The topological polar surface area (TPSA) is 108 Å². The molecule has 0 bridgehead atoms. The van der Waals surface area contributed by atoms with Crippen LogP contribution in [0.25, 0.3) is 0 Å². The summed E-state index contributed by atoms with van der Waals surface area (Å²) in [6.45, 7) is 0.728. The first kappa shape index (κ1) is 13.6. The summed E-state index contributed by atoms with van der Waals surface area (Å²) in [5, 5.41) is 14.4. The van der Waals surface area contributed by atoms with Crippen molar-refractivity contribution in [2.24, 2.45) is 5.92 Å². The molecular formula is C11H17N3O5. The van der Waals surface area contributed by atoms with Crippen molar-refractivity contribution in [3.05, 3.63) is 0 Å². The lowest BCUT2D eigenvalue weighted by Gasteiger charge is -2.27. The van der Waals surface area contributed by atoms with Crippen LogP contribution in [0.3, 0.4) is 0 Å². The van der Waals surface area contributed by atoms with Gasteiger partial charge in [0.15, 0.2) is 0 Å². The molecule has 19 heavy (non-hydrogen) atoms. The number of nitrogens with zero attached hydrogens (tertiary/aromatic N) is 1. The SMILES string of the molecule is CN(C(=O)NC1CNC(=O)C1)C1COCC1C(=O)O. The molecule has 2 heterocycles. The Kier molecular flexibility index (Phi) is 3.89. The van der Waals surface area contributed by atoms with Crippen molar-refractivity contribution in [2.75, 3.05) is 26.8 Å². The second-order valence-electron chi connectivity index (χ2n) is 4.82. The van der Waals surface area contributed by atoms with Crippen molar-refractivity contribution in [1.29, 1.82) is 0 Å². The van der Waals surface area contributed by atoms with Crippen molar-refractivity contribution in [3.8, 4) is 0 Å². The molecule has 3 amide bonds. The van der Waals surface area contributed by atoms with Crippen LogP contribution in [0.15, 0.2) is 0 Å². The van der Waals surface area contributed by atoms with Crippen LogP contribution in [0.2, 0.25) is 0 Å². The maximum absolute atomic E-state index is 12.0. The predicted molar refractivity (Wildman–Crippen MR) is 63.4 cm³/mol. The summed E-state index contributed by atoms with van der Waals surface area (Å²) in [7, 11) is 1.54. The number of hydrogen-bond donors (Lipinski definition) is 3. The Morgan fingerprint density at radius 1 is 1.47 bits per heavy atom. The highest BCUT2D eigenvalue weighted by Gasteiger charge is 2.39. The van der Waals surface area contributed by atoms with E-state index in [9.17, 15) is 14.4 Å². The Hall–Kier alpha value is -1.83. The zero-order valence-corrected chi connectivity index (χ0v) is 10.6. The Balaban J connectivity index is 1.91. The smallest absolute Gasteiger partial charge is 0.317 e. The average Bonchev–Trinajstić information content (AvgIpc) is 2.97. The van der Waals surface area contributed by atoms with Crippen molar-refractivity contribution >= 4 is 17.9 Å². The minimum Gasteiger partial charge on any atom is -0.481 e. The van der Waals surface area contributed by atoms with Crippen LogP contribution < -0.4 is 10.6 Å². The van der Waals surface area contributed by atoms with Gasteiger partial charge >= 0.3 is 12.0 Å². The Morgan fingerprint density at radius 2 is 2.21 bits per heavy atom. The Labute approximate surface area is 110 Å². The fraction of sp³-hybridized carbons (Fsp3) is 0.727. The third kappa shape index (κ3) is 2.95. The van der Waals surface area contributed by atoms with Gasteiger partial charge in [0, 0.05) is 20.0 Å². The van der Waals surface area contributed by atoms with Gasteiger partial charge in [0.1, 0.15) is 5.92 Å². The molecule has 2 fully saturated rings. The van der Waals surface area contributed by atoms with Crippen molar-refractivity contribution < 1.29 is 24.2 Å². The number of carbonyl (C=O) groups is 3. The van der Waals surface area contributed by atoms with Crippen LogP contribution in [0.4, 0.5) is 4.79 Å². The molecule has 3 unspecified atom stereocenters. The van der Waals surface area contributed by atoms with E-state index < -0.39 is 17.9 Å². The maximum atomic E-state index is 12.0. The van der Waals surface area contributed by atoms with Crippen molar-refractivity contribution in [3.63, 3.8) is 0 Å². The first-order chi connectivity index (χ1) is 8.99. The second kappa shape index (κ2) is 5.43. The number of urea groups is 1. The first-order valence-electron chi connectivity index (χ1n) is 6.09. The van der Waals surface area contributed by atoms with E-state index >= 15 is 0 Å². The molecule has 106 valence electrons. The third-order valence-electron chi connectivity index (χ3n) is 3.49. The Bertz CT molecular complexity index is 400. The molecule has 2 saturated heterocycles. The van der Waals surface area contributed by atoms with Crippen LogP contribution in [0, 0.1) is 5.92 Å². The quantitative estimate of drug-likeness (QED) is 0.586. The summed E-state index contributed by atoms with van der Waals surface area (Å²) >= 11 is 0. The summed E-state index contributed by atoms with van der Waals surface area (Å²) in [5.74, 6) is -1.78. The molecule has 0 aromatic rings. The van der Waals surface area contributed by atoms with Gasteiger partial charge < -0.3 is 25.4 Å². The minimum absolute atomic E-state index is 0.0967. The number of likely N-dealkylation sites (N-methyl/N-ethyl adjacent to an activating group) is 1. The molecule has 2 rings (SSSR count). The third-order valence-corrected chi connectivity index (χ3v) is 3.49. The molecular weight excluding hydrogens is 254 g/mol. The van der Waals surface area contributed by atoms with E-state index in [1.54, 1.807) is 0 Å². The minimum atomic E-state index is -0.972. The number of carboxylic acid groups (broad SMARTS) is 1. The molecule has 0 saturated carbocycles. The zero-order valence-electron chi connectivity index (χ0n) is 10.6. The molecule has 0 aliphatic carbocycles. The van der Waals surface area contributed by atoms with Gasteiger partial charge in [-0.05, 0) is 0 Å². The fourth-order valence-electron chi connectivity index (χ4n) is 2.29. The van der Waals surface area contributed by atoms with Gasteiger partial charge in [-0.3, -0.25) is 9.59 Å². The predicted octanol–water partition coefficient (Wildman–Crippen LogP) is -1.38. The molecule has 3 N–H and O–H groups in total. The maximum Gasteiger partial charge on any atom is 0.317 e. The number of ether oxygens (including phenoxy) is 1. The van der Waals surface area contributed by atoms with Crippen LogP contribution in [-0.2, 0) is 14.3 Å². The van der Waals surface area contributed by atoms with Gasteiger partial charge in [-0.25, -0.2) is 4.79 Å². The van der Waals surface area contributed by atoms with Crippen molar-refractivity contribution in [1.82, 2.24) is 15.5 Å². The van der Waals surface area contributed by atoms with Gasteiger partial charge in [-0.15, -0.1) is 0 Å².